The molecule has 1 aromatic heterocycles. The third kappa shape index (κ3) is 3.64. The predicted octanol–water partition coefficient (Wildman–Crippen LogP) is 2.93. The van der Waals surface area contributed by atoms with Crippen LogP contribution in [0.15, 0.2) is 24.3 Å². The quantitative estimate of drug-likeness (QED) is 0.931. The molecular weight excluding hydrogens is 256 g/mol. The monoisotopic (exact) mass is 274 g/mol. The molecule has 1 heterocycles. The average molecular weight is 274 g/mol. The van der Waals surface area contributed by atoms with Gasteiger partial charge in [-0.25, -0.2) is 4.98 Å². The highest BCUT2D eigenvalue weighted by molar-refractivity contribution is 7.11. The zero-order valence-corrected chi connectivity index (χ0v) is 12.3. The molecule has 0 saturated carbocycles. The van der Waals surface area contributed by atoms with Gasteiger partial charge in [-0.15, -0.1) is 11.3 Å². The SMILES string of the molecule is Cc1nc(C)c(CC(=O)NCc2ccccc2C)s1. The Morgan fingerprint density at radius 1 is 1.26 bits per heavy atom. The number of nitrogens with one attached hydrogen (secondary N) is 1. The fraction of sp³-hybridized carbons (Fsp3) is 0.333. The molecule has 2 aromatic rings. The first-order valence-electron chi connectivity index (χ1n) is 6.30. The van der Waals surface area contributed by atoms with Crippen molar-refractivity contribution in [1.82, 2.24) is 10.3 Å². The van der Waals surface area contributed by atoms with Crippen LogP contribution in [0.5, 0.6) is 0 Å². The topological polar surface area (TPSA) is 42.0 Å². The second-order valence-electron chi connectivity index (χ2n) is 4.62. The number of hydrogen-bond donors (Lipinski definition) is 1. The summed E-state index contributed by atoms with van der Waals surface area (Å²) in [6.07, 6.45) is 0.420. The predicted molar refractivity (Wildman–Crippen MR) is 78.3 cm³/mol. The smallest absolute Gasteiger partial charge is 0.225 e. The van der Waals surface area contributed by atoms with Crippen molar-refractivity contribution in [2.24, 2.45) is 0 Å². The number of amides is 1. The summed E-state index contributed by atoms with van der Waals surface area (Å²) in [6, 6.07) is 8.09. The van der Waals surface area contributed by atoms with E-state index in [4.69, 9.17) is 0 Å². The lowest BCUT2D eigenvalue weighted by molar-refractivity contribution is -0.120. The number of nitrogens with zero attached hydrogens (tertiary/aromatic N) is 1. The van der Waals surface area contributed by atoms with E-state index in [1.54, 1.807) is 11.3 Å². The highest BCUT2D eigenvalue weighted by atomic mass is 32.1. The number of carbonyl (C=O) groups is 1. The Kier molecular flexibility index (Phi) is 4.32. The van der Waals surface area contributed by atoms with Crippen LogP contribution in [0.3, 0.4) is 0 Å². The summed E-state index contributed by atoms with van der Waals surface area (Å²) in [4.78, 5) is 17.3. The van der Waals surface area contributed by atoms with Crippen LogP contribution in [-0.4, -0.2) is 10.9 Å². The zero-order valence-electron chi connectivity index (χ0n) is 11.5. The van der Waals surface area contributed by atoms with Crippen molar-refractivity contribution >= 4 is 17.2 Å². The van der Waals surface area contributed by atoms with E-state index in [0.717, 1.165) is 21.1 Å². The summed E-state index contributed by atoms with van der Waals surface area (Å²) in [5.74, 6) is 0.0509. The lowest BCUT2D eigenvalue weighted by atomic mass is 10.1. The molecule has 4 heteroatoms. The first-order valence-corrected chi connectivity index (χ1v) is 7.12. The molecule has 0 saturated heterocycles. The molecule has 19 heavy (non-hydrogen) atoms. The maximum atomic E-state index is 11.9. The molecule has 0 fully saturated rings. The standard InChI is InChI=1S/C15H18N2OS/c1-10-6-4-5-7-13(10)9-16-15(18)8-14-11(2)17-12(3)19-14/h4-7H,8-9H2,1-3H3,(H,16,18). The fourth-order valence-corrected chi connectivity index (χ4v) is 2.88. The molecule has 2 rings (SSSR count). The Morgan fingerprint density at radius 3 is 2.63 bits per heavy atom. The molecule has 0 unspecified atom stereocenters. The van der Waals surface area contributed by atoms with Crippen LogP contribution >= 0.6 is 11.3 Å². The van der Waals surface area contributed by atoms with E-state index in [1.807, 2.05) is 32.0 Å². The third-order valence-electron chi connectivity index (χ3n) is 3.06. The summed E-state index contributed by atoms with van der Waals surface area (Å²) in [6.45, 7) is 6.56. The molecular formula is C15H18N2OS. The molecule has 1 amide bonds. The minimum absolute atomic E-state index is 0.0509. The minimum atomic E-state index is 0.0509. The van der Waals surface area contributed by atoms with Crippen LogP contribution in [0.1, 0.15) is 26.7 Å². The van der Waals surface area contributed by atoms with Crippen molar-refractivity contribution in [3.8, 4) is 0 Å². The van der Waals surface area contributed by atoms with Gasteiger partial charge in [0.2, 0.25) is 5.91 Å². The Morgan fingerprint density at radius 2 is 2.00 bits per heavy atom. The van der Waals surface area contributed by atoms with Gasteiger partial charge in [0, 0.05) is 11.4 Å². The van der Waals surface area contributed by atoms with Crippen LogP contribution in [0.25, 0.3) is 0 Å². The largest absolute Gasteiger partial charge is 0.352 e. The fourth-order valence-electron chi connectivity index (χ4n) is 1.95. The minimum Gasteiger partial charge on any atom is -0.352 e. The van der Waals surface area contributed by atoms with E-state index in [2.05, 4.69) is 23.3 Å². The maximum Gasteiger partial charge on any atom is 0.225 e. The lowest BCUT2D eigenvalue weighted by Crippen LogP contribution is -2.24. The van der Waals surface area contributed by atoms with Crippen LogP contribution in [0.2, 0.25) is 0 Å². The van der Waals surface area contributed by atoms with E-state index in [1.165, 1.54) is 5.56 Å². The van der Waals surface area contributed by atoms with Crippen molar-refractivity contribution in [3.63, 3.8) is 0 Å². The van der Waals surface area contributed by atoms with Crippen molar-refractivity contribution in [1.29, 1.82) is 0 Å². The first-order chi connectivity index (χ1) is 9.06. The van der Waals surface area contributed by atoms with Crippen molar-refractivity contribution < 1.29 is 4.79 Å². The maximum absolute atomic E-state index is 11.9. The van der Waals surface area contributed by atoms with Gasteiger partial charge >= 0.3 is 0 Å². The summed E-state index contributed by atoms with van der Waals surface area (Å²) in [5, 5.41) is 3.98. The second-order valence-corrected chi connectivity index (χ2v) is 5.91. The summed E-state index contributed by atoms with van der Waals surface area (Å²) < 4.78 is 0. The first kappa shape index (κ1) is 13.7. The van der Waals surface area contributed by atoms with Gasteiger partial charge in [0.25, 0.3) is 0 Å². The van der Waals surface area contributed by atoms with Gasteiger partial charge in [-0.1, -0.05) is 24.3 Å². The highest BCUT2D eigenvalue weighted by Gasteiger charge is 2.10. The molecule has 0 spiro atoms. The number of carbonyl (C=O) groups excluding carboxylic acids is 1. The normalized spacial score (nSPS) is 10.5. The van der Waals surface area contributed by atoms with Gasteiger partial charge in [-0.3, -0.25) is 4.79 Å². The van der Waals surface area contributed by atoms with Gasteiger partial charge in [-0.2, -0.15) is 0 Å². The van der Waals surface area contributed by atoms with Crippen LogP contribution in [0.4, 0.5) is 0 Å². The molecule has 1 N–H and O–H groups in total. The zero-order chi connectivity index (χ0) is 13.8. The number of hydrogen-bond acceptors (Lipinski definition) is 3. The molecule has 3 nitrogen and oxygen atoms in total. The third-order valence-corrected chi connectivity index (χ3v) is 4.13. The van der Waals surface area contributed by atoms with Gasteiger partial charge < -0.3 is 5.32 Å². The molecule has 1 aromatic carbocycles. The van der Waals surface area contributed by atoms with Gasteiger partial charge in [0.1, 0.15) is 0 Å². The van der Waals surface area contributed by atoms with Crippen molar-refractivity contribution in [3.05, 3.63) is 51.0 Å². The Bertz CT molecular complexity index is 590. The molecule has 0 aliphatic heterocycles. The molecule has 0 atom stereocenters. The van der Waals surface area contributed by atoms with E-state index < -0.39 is 0 Å². The summed E-state index contributed by atoms with van der Waals surface area (Å²) >= 11 is 1.60. The number of thiazole rings is 1. The second kappa shape index (κ2) is 5.97. The Hall–Kier alpha value is -1.68. The average Bonchev–Trinajstić information content (AvgIpc) is 2.67. The number of rotatable bonds is 4. The van der Waals surface area contributed by atoms with Gasteiger partial charge in [0.05, 0.1) is 17.1 Å². The van der Waals surface area contributed by atoms with E-state index in [0.29, 0.717) is 13.0 Å². The van der Waals surface area contributed by atoms with Gasteiger partial charge in [0.15, 0.2) is 0 Å². The van der Waals surface area contributed by atoms with E-state index in [-0.39, 0.29) is 5.91 Å². The number of benzene rings is 1. The van der Waals surface area contributed by atoms with Crippen molar-refractivity contribution in [2.75, 3.05) is 0 Å². The Labute approximate surface area is 117 Å². The lowest BCUT2D eigenvalue weighted by Gasteiger charge is -2.07. The van der Waals surface area contributed by atoms with Crippen LogP contribution in [-0.2, 0) is 17.8 Å². The van der Waals surface area contributed by atoms with Gasteiger partial charge in [-0.05, 0) is 31.9 Å². The molecule has 100 valence electrons. The highest BCUT2D eigenvalue weighted by Crippen LogP contribution is 2.17. The van der Waals surface area contributed by atoms with Crippen LogP contribution in [0, 0.1) is 20.8 Å². The molecule has 0 radical (unpaired) electrons. The van der Waals surface area contributed by atoms with E-state index in [9.17, 15) is 4.79 Å². The van der Waals surface area contributed by atoms with Crippen molar-refractivity contribution in [2.45, 2.75) is 33.7 Å². The summed E-state index contributed by atoms with van der Waals surface area (Å²) in [5.41, 5.74) is 3.33. The van der Waals surface area contributed by atoms with E-state index >= 15 is 0 Å². The number of aryl methyl sites for hydroxylation is 3. The Balaban J connectivity index is 1.92. The number of aromatic nitrogens is 1. The molecule has 0 aliphatic carbocycles. The molecule has 0 bridgehead atoms. The van der Waals surface area contributed by atoms with Crippen LogP contribution < -0.4 is 5.32 Å². The molecule has 0 aliphatic rings. The summed E-state index contributed by atoms with van der Waals surface area (Å²) in [7, 11) is 0.